The van der Waals surface area contributed by atoms with E-state index in [2.05, 4.69) is 15.1 Å². The molecule has 4 heterocycles. The fourth-order valence-electron chi connectivity index (χ4n) is 5.70. The molecular weight excluding hydrogens is 566 g/mol. The van der Waals surface area contributed by atoms with Gasteiger partial charge in [-0.3, -0.25) is 14.2 Å². The van der Waals surface area contributed by atoms with Crippen molar-refractivity contribution in [1.29, 1.82) is 0 Å². The zero-order valence-corrected chi connectivity index (χ0v) is 23.9. The predicted octanol–water partition coefficient (Wildman–Crippen LogP) is 4.82. The Morgan fingerprint density at radius 1 is 1.10 bits per heavy atom. The molecule has 5 aromatic rings. The van der Waals surface area contributed by atoms with Crippen LogP contribution in [0.5, 0.6) is 0 Å². The molecule has 13 heteroatoms. The molecule has 10 nitrogen and oxygen atoms in total. The van der Waals surface area contributed by atoms with Gasteiger partial charge < -0.3 is 10.6 Å². The average molecular weight is 593 g/mol. The number of anilines is 1. The van der Waals surface area contributed by atoms with Gasteiger partial charge in [0.2, 0.25) is 5.91 Å². The van der Waals surface area contributed by atoms with E-state index >= 15 is 4.39 Å². The predicted molar refractivity (Wildman–Crippen MR) is 155 cm³/mol. The first-order valence-corrected chi connectivity index (χ1v) is 13.9. The van der Waals surface area contributed by atoms with Crippen LogP contribution in [-0.4, -0.2) is 53.2 Å². The van der Waals surface area contributed by atoms with Crippen LogP contribution in [0.4, 0.5) is 14.6 Å². The van der Waals surface area contributed by atoms with Gasteiger partial charge in [-0.05, 0) is 50.5 Å². The summed E-state index contributed by atoms with van der Waals surface area (Å²) in [7, 11) is 0. The molecule has 1 aliphatic rings. The minimum atomic E-state index is -1.06. The topological polar surface area (TPSA) is 125 Å². The van der Waals surface area contributed by atoms with E-state index in [1.165, 1.54) is 37.0 Å². The number of nitrogens with zero attached hydrogens (tertiary/aromatic N) is 7. The number of carbonyl (C=O) groups is 1. The Morgan fingerprint density at radius 3 is 2.55 bits per heavy atom. The minimum Gasteiger partial charge on any atom is -0.383 e. The molecule has 1 unspecified atom stereocenters. The van der Waals surface area contributed by atoms with Crippen LogP contribution in [0, 0.1) is 18.6 Å². The molecule has 1 aliphatic heterocycles. The number of hydrogen-bond donors (Lipinski definition) is 1. The van der Waals surface area contributed by atoms with Crippen molar-refractivity contribution < 1.29 is 13.6 Å². The molecule has 6 rings (SSSR count). The normalized spacial score (nSPS) is 15.0. The van der Waals surface area contributed by atoms with Gasteiger partial charge in [-0.15, -0.1) is 0 Å². The quantitative estimate of drug-likeness (QED) is 0.317. The van der Waals surface area contributed by atoms with E-state index in [1.807, 2.05) is 0 Å². The Labute approximate surface area is 243 Å². The highest BCUT2D eigenvalue weighted by molar-refractivity contribution is 6.35. The number of aromatic nitrogens is 6. The molecule has 0 radical (unpaired) electrons. The molecule has 1 amide bonds. The highest BCUT2D eigenvalue weighted by atomic mass is 35.5. The Bertz CT molecular complexity index is 1950. The van der Waals surface area contributed by atoms with Crippen LogP contribution >= 0.6 is 11.6 Å². The number of aryl methyl sites for hydroxylation is 1. The molecule has 3 aromatic heterocycles. The first-order valence-electron chi connectivity index (χ1n) is 13.5. The maximum Gasteiger partial charge on any atom is 0.263 e. The lowest BCUT2D eigenvalue weighted by molar-refractivity contribution is -0.130. The number of carbonyl (C=O) groups excluding carboxylic acids is 1. The Balaban J connectivity index is 1.58. The van der Waals surface area contributed by atoms with Crippen molar-refractivity contribution in [3.05, 3.63) is 75.1 Å². The Hall–Kier alpha value is -4.45. The van der Waals surface area contributed by atoms with Crippen molar-refractivity contribution >= 4 is 45.3 Å². The zero-order chi connectivity index (χ0) is 29.9. The number of hydrogen-bond acceptors (Lipinski definition) is 7. The maximum atomic E-state index is 15.2. The third-order valence-corrected chi connectivity index (χ3v) is 8.29. The zero-order valence-electron chi connectivity index (χ0n) is 23.1. The summed E-state index contributed by atoms with van der Waals surface area (Å²) < 4.78 is 32.9. The number of benzene rings is 2. The summed E-state index contributed by atoms with van der Waals surface area (Å²) in [5.74, 6) is -1.66. The second kappa shape index (κ2) is 10.4. The fraction of sp³-hybridized carbons (Fsp3) is 0.310. The third kappa shape index (κ3) is 4.37. The van der Waals surface area contributed by atoms with E-state index in [0.29, 0.717) is 42.7 Å². The minimum absolute atomic E-state index is 0.0262. The smallest absolute Gasteiger partial charge is 0.263 e. The van der Waals surface area contributed by atoms with Crippen LogP contribution in [-0.2, 0) is 4.79 Å². The van der Waals surface area contributed by atoms with Crippen molar-refractivity contribution in [3.63, 3.8) is 0 Å². The largest absolute Gasteiger partial charge is 0.383 e. The lowest BCUT2D eigenvalue weighted by atomic mass is 10.0. The Morgan fingerprint density at radius 2 is 1.83 bits per heavy atom. The van der Waals surface area contributed by atoms with E-state index in [0.717, 1.165) is 0 Å². The van der Waals surface area contributed by atoms with E-state index in [-0.39, 0.29) is 56.2 Å². The summed E-state index contributed by atoms with van der Waals surface area (Å²) >= 11 is 6.47. The molecule has 1 fully saturated rings. The number of nitrogen functional groups attached to an aromatic ring is 1. The molecule has 2 N–H and O–H groups in total. The van der Waals surface area contributed by atoms with Gasteiger partial charge >= 0.3 is 0 Å². The molecule has 1 atom stereocenters. The van der Waals surface area contributed by atoms with Crippen molar-refractivity contribution in [2.45, 2.75) is 45.7 Å². The van der Waals surface area contributed by atoms with Gasteiger partial charge in [-0.25, -0.2) is 28.4 Å². The van der Waals surface area contributed by atoms with Gasteiger partial charge in [0.1, 0.15) is 29.7 Å². The monoisotopic (exact) mass is 592 g/mol. The average Bonchev–Trinajstić information content (AvgIpc) is 3.36. The van der Waals surface area contributed by atoms with Crippen LogP contribution in [0.1, 0.15) is 50.2 Å². The summed E-state index contributed by atoms with van der Waals surface area (Å²) in [6, 6.07) is 6.97. The number of rotatable bonds is 4. The lowest BCUT2D eigenvalue weighted by Crippen LogP contribution is -2.41. The van der Waals surface area contributed by atoms with Gasteiger partial charge in [-0.2, -0.15) is 5.10 Å². The van der Waals surface area contributed by atoms with Crippen LogP contribution in [0.25, 0.3) is 33.2 Å². The molecule has 0 bridgehead atoms. The molecule has 0 spiro atoms. The van der Waals surface area contributed by atoms with Crippen molar-refractivity contribution in [3.8, 4) is 11.3 Å². The maximum absolute atomic E-state index is 15.2. The van der Waals surface area contributed by atoms with E-state index in [1.54, 1.807) is 34.6 Å². The number of piperidine rings is 1. The number of fused-ring (bicyclic) bond motifs is 2. The van der Waals surface area contributed by atoms with Gasteiger partial charge in [0.15, 0.2) is 17.3 Å². The van der Waals surface area contributed by atoms with Gasteiger partial charge in [-0.1, -0.05) is 23.7 Å². The van der Waals surface area contributed by atoms with Crippen molar-refractivity contribution in [2.75, 3.05) is 18.8 Å². The number of halogens is 3. The SMILES string of the molecule is CC(=O)N1CCC(n2c(C(C)n3nc(-c4ccc(C)c(F)c4F)c4c(N)ncnc43)nc3cccc(Cl)c3c2=O)CC1. The number of likely N-dealkylation sites (tertiary alicyclic amines) is 1. The van der Waals surface area contributed by atoms with E-state index < -0.39 is 17.7 Å². The van der Waals surface area contributed by atoms with Gasteiger partial charge in [0.25, 0.3) is 5.56 Å². The summed E-state index contributed by atoms with van der Waals surface area (Å²) in [4.78, 5) is 41.1. The lowest BCUT2D eigenvalue weighted by Gasteiger charge is -2.34. The first-order chi connectivity index (χ1) is 20.1. The second-order valence-corrected chi connectivity index (χ2v) is 10.9. The van der Waals surface area contributed by atoms with Crippen LogP contribution in [0.15, 0.2) is 41.5 Å². The van der Waals surface area contributed by atoms with Gasteiger partial charge in [0, 0.05) is 31.6 Å². The first kappa shape index (κ1) is 27.7. The molecular formula is C29H27ClF2N8O2. The van der Waals surface area contributed by atoms with E-state index in [4.69, 9.17) is 22.3 Å². The number of nitrogens with two attached hydrogens (primary N) is 1. The molecule has 216 valence electrons. The fourth-order valence-corrected chi connectivity index (χ4v) is 5.95. The molecule has 42 heavy (non-hydrogen) atoms. The second-order valence-electron chi connectivity index (χ2n) is 10.5. The number of amides is 1. The summed E-state index contributed by atoms with van der Waals surface area (Å²) in [6.45, 7) is 5.75. The van der Waals surface area contributed by atoms with Gasteiger partial charge in [0.05, 0.1) is 21.3 Å². The van der Waals surface area contributed by atoms with Crippen LogP contribution in [0.3, 0.4) is 0 Å². The summed E-state index contributed by atoms with van der Waals surface area (Å²) in [5.41, 5.74) is 6.71. The van der Waals surface area contributed by atoms with Crippen molar-refractivity contribution in [2.24, 2.45) is 0 Å². The molecule has 0 aliphatic carbocycles. The standard InChI is InChI=1S/C29H27ClF2N8O2/c1-14-7-8-18(24(32)23(14)31)25-22-26(33)34-13-35-28(22)40(37-25)15(2)27-36-20-6-4-5-19(30)21(20)29(42)39(27)17-9-11-38(12-10-17)16(3)41/h4-8,13,15,17H,9-12H2,1-3H3,(H2,33,34,35). The van der Waals surface area contributed by atoms with Crippen LogP contribution < -0.4 is 11.3 Å². The summed E-state index contributed by atoms with van der Waals surface area (Å²) in [5, 5.41) is 5.49. The third-order valence-electron chi connectivity index (χ3n) is 7.97. The summed E-state index contributed by atoms with van der Waals surface area (Å²) in [6.07, 6.45) is 2.33. The van der Waals surface area contributed by atoms with Crippen molar-refractivity contribution in [1.82, 2.24) is 34.2 Å². The van der Waals surface area contributed by atoms with Crippen LogP contribution in [0.2, 0.25) is 5.02 Å². The molecule has 1 saturated heterocycles. The molecule has 0 saturated carbocycles. The molecule has 2 aromatic carbocycles. The van der Waals surface area contributed by atoms with E-state index in [9.17, 15) is 14.0 Å². The Kier molecular flexibility index (Phi) is 6.88. The highest BCUT2D eigenvalue weighted by Crippen LogP contribution is 2.36. The highest BCUT2D eigenvalue weighted by Gasteiger charge is 2.31.